The number of benzene rings is 2. The minimum absolute atomic E-state index is 0.0180. The molecule has 1 amide bonds. The van der Waals surface area contributed by atoms with Gasteiger partial charge in [-0.3, -0.25) is 4.79 Å². The van der Waals surface area contributed by atoms with Crippen LogP contribution in [0.4, 0.5) is 9.52 Å². The van der Waals surface area contributed by atoms with E-state index in [0.717, 1.165) is 10.2 Å². The Labute approximate surface area is 130 Å². The van der Waals surface area contributed by atoms with E-state index >= 15 is 0 Å². The van der Waals surface area contributed by atoms with Crippen molar-refractivity contribution in [2.45, 2.75) is 12.3 Å². The van der Waals surface area contributed by atoms with Crippen LogP contribution >= 0.6 is 11.3 Å². The van der Waals surface area contributed by atoms with Crippen LogP contribution in [0.5, 0.6) is 0 Å². The average molecular weight is 312 g/mol. The lowest BCUT2D eigenvalue weighted by molar-refractivity contribution is -0.117. The number of halogens is 1. The van der Waals surface area contributed by atoms with Gasteiger partial charge in [0.05, 0.1) is 10.2 Å². The Hall–Kier alpha value is -2.27. The molecule has 1 saturated carbocycles. The Morgan fingerprint density at radius 1 is 1.18 bits per heavy atom. The van der Waals surface area contributed by atoms with Crippen LogP contribution in [-0.4, -0.2) is 10.9 Å². The van der Waals surface area contributed by atoms with Crippen molar-refractivity contribution in [3.8, 4) is 0 Å². The summed E-state index contributed by atoms with van der Waals surface area (Å²) in [6, 6.07) is 14.4. The van der Waals surface area contributed by atoms with Gasteiger partial charge in [0.2, 0.25) is 5.91 Å². The predicted octanol–water partition coefficient (Wildman–Crippen LogP) is 4.18. The molecule has 3 aromatic rings. The molecule has 0 radical (unpaired) electrons. The van der Waals surface area contributed by atoms with Gasteiger partial charge in [-0.15, -0.1) is 0 Å². The molecule has 1 N–H and O–H groups in total. The van der Waals surface area contributed by atoms with Gasteiger partial charge in [-0.2, -0.15) is 0 Å². The number of hydrogen-bond acceptors (Lipinski definition) is 3. The van der Waals surface area contributed by atoms with E-state index in [2.05, 4.69) is 10.3 Å². The summed E-state index contributed by atoms with van der Waals surface area (Å²) in [7, 11) is 0. The highest BCUT2D eigenvalue weighted by molar-refractivity contribution is 7.22. The first kappa shape index (κ1) is 13.4. The zero-order valence-corrected chi connectivity index (χ0v) is 12.4. The highest BCUT2D eigenvalue weighted by Gasteiger charge is 2.45. The lowest BCUT2D eigenvalue weighted by Crippen LogP contribution is -2.14. The Morgan fingerprint density at radius 3 is 2.77 bits per heavy atom. The molecule has 110 valence electrons. The third-order valence-electron chi connectivity index (χ3n) is 3.96. The largest absolute Gasteiger partial charge is 0.302 e. The summed E-state index contributed by atoms with van der Waals surface area (Å²) in [6.07, 6.45) is 0.692. The molecule has 0 aliphatic heterocycles. The molecule has 0 saturated heterocycles. The van der Waals surface area contributed by atoms with Crippen LogP contribution in [-0.2, 0) is 4.79 Å². The summed E-state index contributed by atoms with van der Waals surface area (Å²) >= 11 is 1.45. The number of para-hydroxylation sites is 1. The standard InChI is InChI=1S/C17H13FN2OS/c18-13-6-2-1-5-10(13)11-9-12(11)16(21)20-17-19-14-7-3-4-8-15(14)22-17/h1-8,11-12H,9H2,(H,19,20,21). The van der Waals surface area contributed by atoms with E-state index in [1.54, 1.807) is 18.2 Å². The third-order valence-corrected chi connectivity index (χ3v) is 4.91. The quantitative estimate of drug-likeness (QED) is 0.788. The fraction of sp³-hybridized carbons (Fsp3) is 0.176. The number of nitrogens with zero attached hydrogens (tertiary/aromatic N) is 1. The van der Waals surface area contributed by atoms with Crippen molar-refractivity contribution in [1.29, 1.82) is 0 Å². The number of carbonyl (C=O) groups is 1. The number of carbonyl (C=O) groups excluding carboxylic acids is 1. The Balaban J connectivity index is 1.48. The van der Waals surface area contributed by atoms with Gasteiger partial charge in [-0.1, -0.05) is 41.7 Å². The number of amides is 1. The van der Waals surface area contributed by atoms with Gasteiger partial charge in [-0.25, -0.2) is 9.37 Å². The minimum atomic E-state index is -0.234. The molecule has 1 heterocycles. The van der Waals surface area contributed by atoms with Crippen LogP contribution in [0.3, 0.4) is 0 Å². The second-order valence-corrected chi connectivity index (χ2v) is 6.48. The SMILES string of the molecule is O=C(Nc1nc2ccccc2s1)C1CC1c1ccccc1F. The van der Waals surface area contributed by atoms with E-state index in [9.17, 15) is 9.18 Å². The summed E-state index contributed by atoms with van der Waals surface area (Å²) in [4.78, 5) is 16.7. The molecule has 2 atom stereocenters. The Kier molecular flexibility index (Phi) is 3.15. The third kappa shape index (κ3) is 2.37. The number of rotatable bonds is 3. The summed E-state index contributed by atoms with van der Waals surface area (Å²) in [5.41, 5.74) is 1.51. The second-order valence-electron chi connectivity index (χ2n) is 5.45. The number of nitrogens with one attached hydrogen (secondary N) is 1. The van der Waals surface area contributed by atoms with Crippen molar-refractivity contribution in [2.24, 2.45) is 5.92 Å². The average Bonchev–Trinajstić information content (AvgIpc) is 3.20. The second kappa shape index (κ2) is 5.18. The van der Waals surface area contributed by atoms with E-state index in [0.29, 0.717) is 17.1 Å². The van der Waals surface area contributed by atoms with Crippen LogP contribution in [0.25, 0.3) is 10.2 Å². The lowest BCUT2D eigenvalue weighted by Gasteiger charge is -2.02. The smallest absolute Gasteiger partial charge is 0.229 e. The zero-order chi connectivity index (χ0) is 15.1. The van der Waals surface area contributed by atoms with E-state index in [-0.39, 0.29) is 23.6 Å². The summed E-state index contributed by atoms with van der Waals surface area (Å²) in [5.74, 6) is -0.491. The van der Waals surface area contributed by atoms with Gasteiger partial charge in [0, 0.05) is 5.92 Å². The molecule has 2 unspecified atom stereocenters. The molecular formula is C17H13FN2OS. The van der Waals surface area contributed by atoms with Crippen molar-refractivity contribution in [2.75, 3.05) is 5.32 Å². The first-order chi connectivity index (χ1) is 10.7. The van der Waals surface area contributed by atoms with Gasteiger partial charge < -0.3 is 5.32 Å². The number of hydrogen-bond donors (Lipinski definition) is 1. The molecule has 5 heteroatoms. The molecule has 4 rings (SSSR count). The first-order valence-electron chi connectivity index (χ1n) is 7.13. The van der Waals surface area contributed by atoms with E-state index in [4.69, 9.17) is 0 Å². The van der Waals surface area contributed by atoms with Gasteiger partial charge in [0.25, 0.3) is 0 Å². The normalized spacial score (nSPS) is 20.0. The summed E-state index contributed by atoms with van der Waals surface area (Å²) in [5, 5.41) is 3.46. The van der Waals surface area contributed by atoms with Gasteiger partial charge >= 0.3 is 0 Å². The van der Waals surface area contributed by atoms with Crippen molar-refractivity contribution in [1.82, 2.24) is 4.98 Å². The topological polar surface area (TPSA) is 42.0 Å². The molecule has 1 aliphatic rings. The highest BCUT2D eigenvalue weighted by Crippen LogP contribution is 2.48. The van der Waals surface area contributed by atoms with Crippen molar-refractivity contribution >= 4 is 32.6 Å². The Morgan fingerprint density at radius 2 is 1.95 bits per heavy atom. The monoisotopic (exact) mass is 312 g/mol. The van der Waals surface area contributed by atoms with Gasteiger partial charge in [0.15, 0.2) is 5.13 Å². The van der Waals surface area contributed by atoms with E-state index < -0.39 is 0 Å². The van der Waals surface area contributed by atoms with Gasteiger partial charge in [-0.05, 0) is 36.1 Å². The van der Waals surface area contributed by atoms with Crippen LogP contribution in [0, 0.1) is 11.7 Å². The molecule has 1 fully saturated rings. The Bertz CT molecular complexity index is 827. The molecule has 0 bridgehead atoms. The van der Waals surface area contributed by atoms with Crippen molar-refractivity contribution in [3.63, 3.8) is 0 Å². The number of thiazole rings is 1. The molecule has 1 aromatic heterocycles. The summed E-state index contributed by atoms with van der Waals surface area (Å²) < 4.78 is 14.8. The predicted molar refractivity (Wildman–Crippen MR) is 85.5 cm³/mol. The molecule has 1 aliphatic carbocycles. The van der Waals surface area contributed by atoms with E-state index in [1.807, 2.05) is 24.3 Å². The summed E-state index contributed by atoms with van der Waals surface area (Å²) in [6.45, 7) is 0. The maximum Gasteiger partial charge on any atom is 0.229 e. The van der Waals surface area contributed by atoms with Gasteiger partial charge in [0.1, 0.15) is 5.82 Å². The highest BCUT2D eigenvalue weighted by atomic mass is 32.1. The fourth-order valence-corrected chi connectivity index (χ4v) is 3.60. The maximum absolute atomic E-state index is 13.7. The van der Waals surface area contributed by atoms with Crippen LogP contribution in [0.2, 0.25) is 0 Å². The van der Waals surface area contributed by atoms with Crippen LogP contribution in [0.15, 0.2) is 48.5 Å². The fourth-order valence-electron chi connectivity index (χ4n) is 2.73. The number of anilines is 1. The molecule has 0 spiro atoms. The van der Waals surface area contributed by atoms with Crippen LogP contribution in [0.1, 0.15) is 17.9 Å². The zero-order valence-electron chi connectivity index (χ0n) is 11.6. The van der Waals surface area contributed by atoms with E-state index in [1.165, 1.54) is 17.4 Å². The molecule has 22 heavy (non-hydrogen) atoms. The molecular weight excluding hydrogens is 299 g/mol. The lowest BCUT2D eigenvalue weighted by atomic mass is 10.1. The first-order valence-corrected chi connectivity index (χ1v) is 7.95. The number of fused-ring (bicyclic) bond motifs is 1. The maximum atomic E-state index is 13.7. The van der Waals surface area contributed by atoms with Crippen molar-refractivity contribution < 1.29 is 9.18 Å². The molecule has 3 nitrogen and oxygen atoms in total. The van der Waals surface area contributed by atoms with Crippen molar-refractivity contribution in [3.05, 3.63) is 59.9 Å². The minimum Gasteiger partial charge on any atom is -0.302 e. The molecule has 2 aromatic carbocycles. The van der Waals surface area contributed by atoms with Crippen LogP contribution < -0.4 is 5.32 Å². The number of aromatic nitrogens is 1.